The first-order chi connectivity index (χ1) is 11.9. The van der Waals surface area contributed by atoms with Gasteiger partial charge < -0.3 is 15.0 Å². The van der Waals surface area contributed by atoms with E-state index in [1.807, 2.05) is 0 Å². The molecule has 2 N–H and O–H groups in total. The van der Waals surface area contributed by atoms with Crippen molar-refractivity contribution in [1.82, 2.24) is 19.7 Å². The van der Waals surface area contributed by atoms with Crippen LogP contribution in [0.2, 0.25) is 5.02 Å². The zero-order chi connectivity index (χ0) is 18.0. The minimum atomic E-state index is -0.922. The molecule has 8 nitrogen and oxygen atoms in total. The summed E-state index contributed by atoms with van der Waals surface area (Å²) >= 11 is 5.89. The van der Waals surface area contributed by atoms with Gasteiger partial charge in [0.05, 0.1) is 13.1 Å². The summed E-state index contributed by atoms with van der Waals surface area (Å²) in [5.41, 5.74) is 0.612. The molecule has 0 aliphatic carbocycles. The van der Waals surface area contributed by atoms with Crippen molar-refractivity contribution < 1.29 is 14.7 Å². The zero-order valence-electron chi connectivity index (χ0n) is 13.6. The van der Waals surface area contributed by atoms with Gasteiger partial charge in [-0.05, 0) is 25.1 Å². The number of aromatic nitrogens is 3. The molecule has 1 aliphatic rings. The fourth-order valence-corrected chi connectivity index (χ4v) is 3.05. The highest BCUT2D eigenvalue weighted by Gasteiger charge is 2.33. The Morgan fingerprint density at radius 3 is 2.92 bits per heavy atom. The number of rotatable bonds is 5. The van der Waals surface area contributed by atoms with E-state index < -0.39 is 12.0 Å². The van der Waals surface area contributed by atoms with E-state index in [1.54, 1.807) is 40.7 Å². The topological polar surface area (TPSA) is 100 Å². The Morgan fingerprint density at radius 2 is 2.20 bits per heavy atom. The van der Waals surface area contributed by atoms with Crippen LogP contribution in [-0.4, -0.2) is 49.2 Å². The number of amides is 1. The molecule has 1 aromatic carbocycles. The normalized spacial score (nSPS) is 17.1. The largest absolute Gasteiger partial charge is 0.480 e. The standard InChI is InChI=1S/C16H18ClN5O3/c1-10-19-20-14-9-21(13(16(24)25)8-22(10)14)6-5-15(23)18-12-4-2-3-11(17)7-12/h2-4,7,13H,5-6,8-9H2,1H3,(H,18,23)(H,24,25). The molecule has 0 spiro atoms. The third-order valence-corrected chi connectivity index (χ3v) is 4.41. The maximum atomic E-state index is 12.1. The van der Waals surface area contributed by atoms with Crippen molar-refractivity contribution >= 4 is 29.2 Å². The monoisotopic (exact) mass is 363 g/mol. The average Bonchev–Trinajstić information content (AvgIpc) is 2.92. The number of anilines is 1. The van der Waals surface area contributed by atoms with Gasteiger partial charge in [-0.15, -0.1) is 10.2 Å². The summed E-state index contributed by atoms with van der Waals surface area (Å²) in [4.78, 5) is 25.4. The molecule has 1 aliphatic heterocycles. The molecule has 2 aromatic rings. The van der Waals surface area contributed by atoms with E-state index in [-0.39, 0.29) is 18.9 Å². The second-order valence-electron chi connectivity index (χ2n) is 5.91. The Hall–Kier alpha value is -2.45. The van der Waals surface area contributed by atoms with Crippen LogP contribution in [-0.2, 0) is 22.7 Å². The smallest absolute Gasteiger partial charge is 0.322 e. The summed E-state index contributed by atoms with van der Waals surface area (Å²) in [6, 6.07) is 6.17. The van der Waals surface area contributed by atoms with Gasteiger partial charge in [0.2, 0.25) is 5.91 Å². The van der Waals surface area contributed by atoms with E-state index in [9.17, 15) is 14.7 Å². The summed E-state index contributed by atoms with van der Waals surface area (Å²) in [5, 5.41) is 20.8. The predicted octanol–water partition coefficient (Wildman–Crippen LogP) is 1.54. The molecule has 0 fully saturated rings. The van der Waals surface area contributed by atoms with Gasteiger partial charge in [0, 0.05) is 23.7 Å². The van der Waals surface area contributed by atoms with Gasteiger partial charge in [0.1, 0.15) is 17.7 Å². The highest BCUT2D eigenvalue weighted by molar-refractivity contribution is 6.30. The van der Waals surface area contributed by atoms with E-state index in [4.69, 9.17) is 11.6 Å². The number of carboxylic acid groups (broad SMARTS) is 1. The summed E-state index contributed by atoms with van der Waals surface area (Å²) in [6.07, 6.45) is 0.170. The van der Waals surface area contributed by atoms with Gasteiger partial charge in [-0.2, -0.15) is 0 Å². The molecule has 1 amide bonds. The van der Waals surface area contributed by atoms with E-state index in [0.29, 0.717) is 35.4 Å². The number of carboxylic acids is 1. The number of nitrogens with zero attached hydrogens (tertiary/aromatic N) is 4. The van der Waals surface area contributed by atoms with Gasteiger partial charge in [-0.25, -0.2) is 0 Å². The van der Waals surface area contributed by atoms with Crippen LogP contribution in [0.15, 0.2) is 24.3 Å². The van der Waals surface area contributed by atoms with Crippen LogP contribution in [0.5, 0.6) is 0 Å². The van der Waals surface area contributed by atoms with Crippen molar-refractivity contribution in [3.63, 3.8) is 0 Å². The first-order valence-electron chi connectivity index (χ1n) is 7.85. The van der Waals surface area contributed by atoms with Gasteiger partial charge in [0.15, 0.2) is 0 Å². The average molecular weight is 364 g/mol. The van der Waals surface area contributed by atoms with Crippen LogP contribution in [0.1, 0.15) is 18.1 Å². The molecule has 9 heteroatoms. The molecule has 0 saturated heterocycles. The molecule has 25 heavy (non-hydrogen) atoms. The number of aryl methyl sites for hydroxylation is 1. The van der Waals surface area contributed by atoms with Crippen LogP contribution >= 0.6 is 11.6 Å². The Balaban J connectivity index is 1.63. The summed E-state index contributed by atoms with van der Waals surface area (Å²) in [7, 11) is 0. The van der Waals surface area contributed by atoms with Gasteiger partial charge in [-0.3, -0.25) is 14.5 Å². The second kappa shape index (κ2) is 7.20. The van der Waals surface area contributed by atoms with E-state index in [1.165, 1.54) is 0 Å². The number of hydrogen-bond donors (Lipinski definition) is 2. The number of carbonyl (C=O) groups is 2. The predicted molar refractivity (Wildman–Crippen MR) is 91.3 cm³/mol. The summed E-state index contributed by atoms with van der Waals surface area (Å²) < 4.78 is 1.81. The number of aliphatic carboxylic acids is 1. The maximum Gasteiger partial charge on any atom is 0.322 e. The molecular formula is C16H18ClN5O3. The molecule has 0 saturated carbocycles. The van der Waals surface area contributed by atoms with Crippen LogP contribution in [0, 0.1) is 6.92 Å². The van der Waals surface area contributed by atoms with E-state index in [2.05, 4.69) is 15.5 Å². The SMILES string of the molecule is Cc1nnc2n1CC(C(=O)O)N(CCC(=O)Nc1cccc(Cl)c1)C2. The number of hydrogen-bond acceptors (Lipinski definition) is 5. The second-order valence-corrected chi connectivity index (χ2v) is 6.34. The van der Waals surface area contributed by atoms with Crippen LogP contribution in [0.4, 0.5) is 5.69 Å². The molecular weight excluding hydrogens is 346 g/mol. The van der Waals surface area contributed by atoms with Gasteiger partial charge >= 0.3 is 5.97 Å². The summed E-state index contributed by atoms with van der Waals surface area (Å²) in [5.74, 6) is 0.286. The lowest BCUT2D eigenvalue weighted by Crippen LogP contribution is -2.48. The highest BCUT2D eigenvalue weighted by Crippen LogP contribution is 2.19. The van der Waals surface area contributed by atoms with Crippen LogP contribution in [0.3, 0.4) is 0 Å². The Morgan fingerprint density at radius 1 is 1.40 bits per heavy atom. The minimum absolute atomic E-state index is 0.170. The van der Waals surface area contributed by atoms with Crippen molar-refractivity contribution in [2.45, 2.75) is 32.5 Å². The zero-order valence-corrected chi connectivity index (χ0v) is 14.4. The number of halogens is 1. The molecule has 132 valence electrons. The lowest BCUT2D eigenvalue weighted by molar-refractivity contribution is -0.145. The van der Waals surface area contributed by atoms with Crippen molar-refractivity contribution in [1.29, 1.82) is 0 Å². The van der Waals surface area contributed by atoms with Gasteiger partial charge in [0.25, 0.3) is 0 Å². The van der Waals surface area contributed by atoms with Crippen molar-refractivity contribution in [3.05, 3.63) is 40.9 Å². The lowest BCUT2D eigenvalue weighted by atomic mass is 10.1. The van der Waals surface area contributed by atoms with Crippen LogP contribution < -0.4 is 5.32 Å². The molecule has 0 radical (unpaired) electrons. The van der Waals surface area contributed by atoms with Crippen molar-refractivity contribution in [2.24, 2.45) is 0 Å². The lowest BCUT2D eigenvalue weighted by Gasteiger charge is -2.33. The first kappa shape index (κ1) is 17.4. The minimum Gasteiger partial charge on any atom is -0.480 e. The fraction of sp³-hybridized carbons (Fsp3) is 0.375. The van der Waals surface area contributed by atoms with Crippen molar-refractivity contribution in [3.8, 4) is 0 Å². The number of fused-ring (bicyclic) bond motifs is 1. The number of carbonyl (C=O) groups excluding carboxylic acids is 1. The molecule has 1 unspecified atom stereocenters. The number of benzene rings is 1. The Labute approximate surface area is 149 Å². The van der Waals surface area contributed by atoms with Crippen molar-refractivity contribution in [2.75, 3.05) is 11.9 Å². The molecule has 1 aromatic heterocycles. The van der Waals surface area contributed by atoms with E-state index >= 15 is 0 Å². The third-order valence-electron chi connectivity index (χ3n) is 4.17. The Kier molecular flexibility index (Phi) is 5.00. The highest BCUT2D eigenvalue weighted by atomic mass is 35.5. The Bertz CT molecular complexity index is 807. The fourth-order valence-electron chi connectivity index (χ4n) is 2.86. The maximum absolute atomic E-state index is 12.1. The van der Waals surface area contributed by atoms with Gasteiger partial charge in [-0.1, -0.05) is 17.7 Å². The summed E-state index contributed by atoms with van der Waals surface area (Å²) in [6.45, 7) is 2.74. The van der Waals surface area contributed by atoms with Crippen LogP contribution in [0.25, 0.3) is 0 Å². The first-order valence-corrected chi connectivity index (χ1v) is 8.23. The molecule has 0 bridgehead atoms. The molecule has 3 rings (SSSR count). The number of nitrogens with one attached hydrogen (secondary N) is 1. The quantitative estimate of drug-likeness (QED) is 0.835. The van der Waals surface area contributed by atoms with E-state index in [0.717, 1.165) is 0 Å². The third kappa shape index (κ3) is 3.97. The molecule has 1 atom stereocenters. The molecule has 2 heterocycles.